The van der Waals surface area contributed by atoms with E-state index >= 15 is 0 Å². The summed E-state index contributed by atoms with van der Waals surface area (Å²) in [6.45, 7) is 1.95. The largest absolute Gasteiger partial charge is 0.375 e. The molecule has 5 N–H and O–H groups in total. The number of aryl methyl sites for hydroxylation is 1. The van der Waals surface area contributed by atoms with E-state index in [1.54, 1.807) is 0 Å². The minimum absolute atomic E-state index is 0.0407. The van der Waals surface area contributed by atoms with Crippen LogP contribution in [0.2, 0.25) is 0 Å². The first kappa shape index (κ1) is 13.3. The average molecular weight is 290 g/mol. The third-order valence-corrected chi connectivity index (χ3v) is 4.60. The van der Waals surface area contributed by atoms with Crippen LogP contribution < -0.4 is 16.8 Å². The van der Waals surface area contributed by atoms with Crippen LogP contribution in [-0.2, 0) is 0 Å². The van der Waals surface area contributed by atoms with Crippen LogP contribution >= 0.6 is 11.3 Å². The van der Waals surface area contributed by atoms with Crippen molar-refractivity contribution in [2.75, 3.05) is 5.73 Å². The highest BCUT2D eigenvalue weighted by Crippen LogP contribution is 2.28. The number of rotatable bonds is 2. The van der Waals surface area contributed by atoms with E-state index in [0.29, 0.717) is 10.7 Å². The second-order valence-electron chi connectivity index (χ2n) is 5.44. The Morgan fingerprint density at radius 2 is 2.25 bits per heavy atom. The molecule has 5 nitrogen and oxygen atoms in total. The van der Waals surface area contributed by atoms with Gasteiger partial charge in [0.1, 0.15) is 0 Å². The molecular weight excluding hydrogens is 272 g/mol. The van der Waals surface area contributed by atoms with Gasteiger partial charge in [-0.15, -0.1) is 0 Å². The predicted octanol–water partition coefficient (Wildman–Crippen LogP) is 1.80. The minimum atomic E-state index is -0.0407. The molecule has 1 saturated carbocycles. The number of hydrogen-bond donors (Lipinski definition) is 3. The molecule has 1 fully saturated rings. The van der Waals surface area contributed by atoms with E-state index in [9.17, 15) is 4.79 Å². The molecular formula is C14H18N4OS. The molecule has 0 aliphatic heterocycles. The number of anilines is 1. The van der Waals surface area contributed by atoms with E-state index < -0.39 is 0 Å². The maximum atomic E-state index is 12.3. The van der Waals surface area contributed by atoms with Gasteiger partial charge in [0.05, 0.1) is 10.2 Å². The van der Waals surface area contributed by atoms with Gasteiger partial charge in [0, 0.05) is 17.6 Å². The molecule has 1 aromatic heterocycles. The van der Waals surface area contributed by atoms with Crippen LogP contribution in [0, 0.1) is 6.92 Å². The van der Waals surface area contributed by atoms with Crippen molar-refractivity contribution in [3.05, 3.63) is 23.3 Å². The lowest BCUT2D eigenvalue weighted by molar-refractivity contribution is 0.0938. The summed E-state index contributed by atoms with van der Waals surface area (Å²) < 4.78 is 0.954. The molecule has 6 heteroatoms. The Morgan fingerprint density at radius 1 is 1.45 bits per heavy atom. The van der Waals surface area contributed by atoms with Crippen molar-refractivity contribution in [3.8, 4) is 0 Å². The summed E-state index contributed by atoms with van der Waals surface area (Å²) in [5, 5.41) is 3.59. The van der Waals surface area contributed by atoms with E-state index in [0.717, 1.165) is 35.0 Å². The van der Waals surface area contributed by atoms with Gasteiger partial charge in [0.15, 0.2) is 5.13 Å². The number of hydrogen-bond acceptors (Lipinski definition) is 5. The second-order valence-corrected chi connectivity index (χ2v) is 6.50. The van der Waals surface area contributed by atoms with Gasteiger partial charge in [0.2, 0.25) is 0 Å². The van der Waals surface area contributed by atoms with E-state index in [1.165, 1.54) is 11.3 Å². The normalized spacial score (nSPS) is 22.3. The zero-order chi connectivity index (χ0) is 14.3. The Balaban J connectivity index is 1.84. The number of carbonyl (C=O) groups is 1. The third kappa shape index (κ3) is 2.48. The average Bonchev–Trinajstić information content (AvgIpc) is 2.95. The van der Waals surface area contributed by atoms with Crippen molar-refractivity contribution in [2.24, 2.45) is 5.73 Å². The van der Waals surface area contributed by atoms with Crippen LogP contribution in [0.4, 0.5) is 5.13 Å². The maximum absolute atomic E-state index is 12.3. The standard InChI is InChI=1S/C14H18N4OS/c1-7-4-8(5-11-12(7)18-14(16)20-11)13(19)17-10-3-2-9(15)6-10/h4-5,9-10H,2-3,6,15H2,1H3,(H2,16,18)(H,17,19)/t9-,10-/m0/s1. The van der Waals surface area contributed by atoms with Gasteiger partial charge in [-0.3, -0.25) is 4.79 Å². The lowest BCUT2D eigenvalue weighted by Crippen LogP contribution is -2.34. The summed E-state index contributed by atoms with van der Waals surface area (Å²) in [4.78, 5) is 16.6. The molecule has 0 bridgehead atoms. The Bertz CT molecular complexity index is 666. The highest BCUT2D eigenvalue weighted by atomic mass is 32.1. The van der Waals surface area contributed by atoms with E-state index in [1.807, 2.05) is 19.1 Å². The molecule has 1 heterocycles. The fourth-order valence-electron chi connectivity index (χ4n) is 2.76. The van der Waals surface area contributed by atoms with Gasteiger partial charge in [-0.25, -0.2) is 4.98 Å². The smallest absolute Gasteiger partial charge is 0.251 e. The van der Waals surface area contributed by atoms with Crippen molar-refractivity contribution in [1.29, 1.82) is 0 Å². The van der Waals surface area contributed by atoms with Gasteiger partial charge in [0.25, 0.3) is 5.91 Å². The fraction of sp³-hybridized carbons (Fsp3) is 0.429. The Morgan fingerprint density at radius 3 is 2.95 bits per heavy atom. The number of amides is 1. The number of nitrogens with one attached hydrogen (secondary N) is 1. The first-order valence-electron chi connectivity index (χ1n) is 6.76. The topological polar surface area (TPSA) is 94.0 Å². The second kappa shape index (κ2) is 5.03. The van der Waals surface area contributed by atoms with Crippen LogP contribution in [0.15, 0.2) is 12.1 Å². The van der Waals surface area contributed by atoms with Gasteiger partial charge < -0.3 is 16.8 Å². The minimum Gasteiger partial charge on any atom is -0.375 e. The lowest BCUT2D eigenvalue weighted by Gasteiger charge is -2.12. The lowest BCUT2D eigenvalue weighted by atomic mass is 10.1. The summed E-state index contributed by atoms with van der Waals surface area (Å²) in [5.41, 5.74) is 14.1. The van der Waals surface area contributed by atoms with E-state index in [4.69, 9.17) is 11.5 Å². The van der Waals surface area contributed by atoms with Crippen molar-refractivity contribution in [2.45, 2.75) is 38.3 Å². The highest BCUT2D eigenvalue weighted by Gasteiger charge is 2.23. The zero-order valence-corrected chi connectivity index (χ0v) is 12.2. The van der Waals surface area contributed by atoms with Crippen LogP contribution in [0.3, 0.4) is 0 Å². The molecule has 106 valence electrons. The molecule has 3 rings (SSSR count). The number of thiazole rings is 1. The molecule has 20 heavy (non-hydrogen) atoms. The molecule has 1 aliphatic rings. The predicted molar refractivity (Wildman–Crippen MR) is 81.9 cm³/mol. The molecule has 0 unspecified atom stereocenters. The summed E-state index contributed by atoms with van der Waals surface area (Å²) in [5.74, 6) is -0.0407. The quantitative estimate of drug-likeness (QED) is 0.786. The van der Waals surface area contributed by atoms with Crippen LogP contribution in [0.5, 0.6) is 0 Å². The Labute approximate surface area is 121 Å². The molecule has 2 atom stereocenters. The molecule has 1 amide bonds. The summed E-state index contributed by atoms with van der Waals surface area (Å²) in [6.07, 6.45) is 2.80. The molecule has 2 aromatic rings. The van der Waals surface area contributed by atoms with Crippen LogP contribution in [0.25, 0.3) is 10.2 Å². The van der Waals surface area contributed by atoms with Crippen LogP contribution in [0.1, 0.15) is 35.2 Å². The summed E-state index contributed by atoms with van der Waals surface area (Å²) in [7, 11) is 0. The SMILES string of the molecule is Cc1cc(C(=O)N[C@H]2CC[C@H](N)C2)cc2sc(N)nc12. The molecule has 0 radical (unpaired) electrons. The van der Waals surface area contributed by atoms with Crippen molar-refractivity contribution < 1.29 is 4.79 Å². The molecule has 1 aromatic carbocycles. The van der Waals surface area contributed by atoms with Gasteiger partial charge >= 0.3 is 0 Å². The van der Waals surface area contributed by atoms with Crippen molar-refractivity contribution >= 4 is 32.6 Å². The fourth-order valence-corrected chi connectivity index (χ4v) is 3.61. The third-order valence-electron chi connectivity index (χ3n) is 3.77. The number of carbonyl (C=O) groups excluding carboxylic acids is 1. The summed E-state index contributed by atoms with van der Waals surface area (Å²) in [6, 6.07) is 4.14. The molecule has 0 spiro atoms. The first-order valence-corrected chi connectivity index (χ1v) is 7.57. The van der Waals surface area contributed by atoms with Crippen LogP contribution in [-0.4, -0.2) is 23.0 Å². The van der Waals surface area contributed by atoms with Gasteiger partial charge in [-0.2, -0.15) is 0 Å². The monoisotopic (exact) mass is 290 g/mol. The number of aromatic nitrogens is 1. The van der Waals surface area contributed by atoms with E-state index in [-0.39, 0.29) is 18.0 Å². The molecule has 0 saturated heterocycles. The molecule has 1 aliphatic carbocycles. The zero-order valence-electron chi connectivity index (χ0n) is 11.3. The Kier molecular flexibility index (Phi) is 3.35. The van der Waals surface area contributed by atoms with Gasteiger partial charge in [-0.1, -0.05) is 11.3 Å². The number of nitrogens with two attached hydrogens (primary N) is 2. The number of nitrogen functional groups attached to an aromatic ring is 1. The van der Waals surface area contributed by atoms with E-state index in [2.05, 4.69) is 10.3 Å². The number of nitrogens with zero attached hydrogens (tertiary/aromatic N) is 1. The number of benzene rings is 1. The van der Waals surface area contributed by atoms with Gasteiger partial charge in [-0.05, 0) is 43.9 Å². The van der Waals surface area contributed by atoms with Crippen molar-refractivity contribution in [1.82, 2.24) is 10.3 Å². The summed E-state index contributed by atoms with van der Waals surface area (Å²) >= 11 is 1.41. The Hall–Kier alpha value is -1.66. The first-order chi connectivity index (χ1) is 9.52. The van der Waals surface area contributed by atoms with Crippen molar-refractivity contribution in [3.63, 3.8) is 0 Å². The highest BCUT2D eigenvalue weighted by molar-refractivity contribution is 7.22. The number of fused-ring (bicyclic) bond motifs is 1. The maximum Gasteiger partial charge on any atom is 0.251 e.